The predicted octanol–water partition coefficient (Wildman–Crippen LogP) is 3.87. The summed E-state index contributed by atoms with van der Waals surface area (Å²) in [6.45, 7) is 2.69. The molecule has 0 radical (unpaired) electrons. The van der Waals surface area contributed by atoms with E-state index in [1.54, 1.807) is 54.7 Å². The van der Waals surface area contributed by atoms with Crippen molar-refractivity contribution in [3.8, 4) is 5.88 Å². The Kier molecular flexibility index (Phi) is 7.53. The molecule has 0 aliphatic carbocycles. The number of hydrogen-bond donors (Lipinski definition) is 3. The monoisotopic (exact) mass is 422 g/mol. The first-order chi connectivity index (χ1) is 15.1. The van der Waals surface area contributed by atoms with Crippen LogP contribution < -0.4 is 20.7 Å². The number of nitrogens with one attached hydrogen (secondary N) is 3. The highest BCUT2D eigenvalue weighted by molar-refractivity contribution is 5.95. The third-order valence-electron chi connectivity index (χ3n) is 4.37. The molecule has 0 atom stereocenters. The summed E-state index contributed by atoms with van der Waals surface area (Å²) in [7, 11) is 0. The van der Waals surface area contributed by atoms with Gasteiger partial charge < -0.3 is 20.7 Å². The molecule has 0 fully saturated rings. The van der Waals surface area contributed by atoms with E-state index in [1.807, 2.05) is 13.0 Å². The fourth-order valence-corrected chi connectivity index (χ4v) is 2.80. The molecular weight excluding hydrogens is 399 g/mol. The Morgan fingerprint density at radius 1 is 0.935 bits per heavy atom. The minimum atomic E-state index is -0.400. The Morgan fingerprint density at radius 2 is 1.65 bits per heavy atom. The van der Waals surface area contributed by atoms with Gasteiger partial charge in [0.05, 0.1) is 6.61 Å². The van der Waals surface area contributed by atoms with Crippen LogP contribution >= 0.6 is 0 Å². The van der Waals surface area contributed by atoms with Crippen molar-refractivity contribution in [3.05, 3.63) is 89.4 Å². The van der Waals surface area contributed by atoms with E-state index in [0.29, 0.717) is 29.3 Å². The molecule has 1 aromatic heterocycles. The number of urea groups is 1. The van der Waals surface area contributed by atoms with Crippen LogP contribution in [0, 0.1) is 5.82 Å². The highest BCUT2D eigenvalue weighted by Gasteiger charge is 2.09. The number of hydrogen-bond acceptors (Lipinski definition) is 4. The number of amides is 3. The molecule has 31 heavy (non-hydrogen) atoms. The standard InChI is InChI=1S/C23H23FN4O3/c1-2-31-22-18(7-5-13-25-22)15-27-23(30)28-19-11-9-16(10-12-19)21(29)26-14-17-6-3-4-8-20(17)24/h3-13H,2,14-15H2,1H3,(H,26,29)(H2,27,28,30). The number of aromatic nitrogens is 1. The van der Waals surface area contributed by atoms with Gasteiger partial charge >= 0.3 is 6.03 Å². The van der Waals surface area contributed by atoms with E-state index in [4.69, 9.17) is 4.74 Å². The van der Waals surface area contributed by atoms with Crippen LogP contribution in [0.15, 0.2) is 66.9 Å². The van der Waals surface area contributed by atoms with Gasteiger partial charge in [0, 0.05) is 41.7 Å². The molecule has 1 heterocycles. The minimum Gasteiger partial charge on any atom is -0.478 e. The van der Waals surface area contributed by atoms with E-state index in [9.17, 15) is 14.0 Å². The van der Waals surface area contributed by atoms with Crippen molar-refractivity contribution in [1.29, 1.82) is 0 Å². The number of carbonyl (C=O) groups is 2. The van der Waals surface area contributed by atoms with E-state index in [1.165, 1.54) is 6.07 Å². The fourth-order valence-electron chi connectivity index (χ4n) is 2.80. The third-order valence-corrected chi connectivity index (χ3v) is 4.37. The second-order valence-electron chi connectivity index (χ2n) is 6.56. The van der Waals surface area contributed by atoms with Gasteiger partial charge in [0.15, 0.2) is 0 Å². The van der Waals surface area contributed by atoms with Crippen LogP contribution in [-0.4, -0.2) is 23.5 Å². The van der Waals surface area contributed by atoms with Crippen molar-refractivity contribution in [3.63, 3.8) is 0 Å². The first kappa shape index (κ1) is 21.8. The zero-order valence-corrected chi connectivity index (χ0v) is 17.0. The summed E-state index contributed by atoms with van der Waals surface area (Å²) in [6.07, 6.45) is 1.63. The normalized spacial score (nSPS) is 10.3. The maximum Gasteiger partial charge on any atom is 0.319 e. The maximum atomic E-state index is 13.6. The van der Waals surface area contributed by atoms with Gasteiger partial charge in [-0.15, -0.1) is 0 Å². The predicted molar refractivity (Wildman–Crippen MR) is 115 cm³/mol. The van der Waals surface area contributed by atoms with Crippen LogP contribution in [0.3, 0.4) is 0 Å². The Hall–Kier alpha value is -3.94. The first-order valence-corrected chi connectivity index (χ1v) is 9.80. The highest BCUT2D eigenvalue weighted by atomic mass is 19.1. The fraction of sp³-hybridized carbons (Fsp3) is 0.174. The lowest BCUT2D eigenvalue weighted by molar-refractivity contribution is 0.0950. The van der Waals surface area contributed by atoms with Crippen molar-refractivity contribution >= 4 is 17.6 Å². The number of anilines is 1. The van der Waals surface area contributed by atoms with Gasteiger partial charge in [0.25, 0.3) is 5.91 Å². The van der Waals surface area contributed by atoms with Gasteiger partial charge in [0.2, 0.25) is 5.88 Å². The van der Waals surface area contributed by atoms with E-state index < -0.39 is 6.03 Å². The van der Waals surface area contributed by atoms with Gasteiger partial charge in [-0.1, -0.05) is 24.3 Å². The smallest absolute Gasteiger partial charge is 0.319 e. The Morgan fingerprint density at radius 3 is 2.39 bits per heavy atom. The topological polar surface area (TPSA) is 92.3 Å². The quantitative estimate of drug-likeness (QED) is 0.514. The molecule has 3 N–H and O–H groups in total. The number of rotatable bonds is 8. The average molecular weight is 422 g/mol. The van der Waals surface area contributed by atoms with E-state index >= 15 is 0 Å². The molecule has 3 amide bonds. The van der Waals surface area contributed by atoms with Gasteiger partial charge in [-0.3, -0.25) is 4.79 Å². The summed E-state index contributed by atoms with van der Waals surface area (Å²) in [5.41, 5.74) is 2.10. The summed E-state index contributed by atoms with van der Waals surface area (Å²) in [5.74, 6) is -0.219. The second kappa shape index (κ2) is 10.7. The van der Waals surface area contributed by atoms with Crippen LogP contribution in [0.4, 0.5) is 14.9 Å². The number of pyridine rings is 1. The number of nitrogens with zero attached hydrogens (tertiary/aromatic N) is 1. The highest BCUT2D eigenvalue weighted by Crippen LogP contribution is 2.14. The van der Waals surface area contributed by atoms with E-state index in [-0.39, 0.29) is 24.8 Å². The molecule has 0 saturated carbocycles. The molecule has 3 rings (SSSR count). The first-order valence-electron chi connectivity index (χ1n) is 9.80. The minimum absolute atomic E-state index is 0.0893. The lowest BCUT2D eigenvalue weighted by atomic mass is 10.1. The summed E-state index contributed by atoms with van der Waals surface area (Å²) < 4.78 is 19.1. The maximum absolute atomic E-state index is 13.6. The average Bonchev–Trinajstić information content (AvgIpc) is 2.78. The van der Waals surface area contributed by atoms with Crippen LogP contribution in [0.1, 0.15) is 28.4 Å². The molecule has 0 unspecified atom stereocenters. The van der Waals surface area contributed by atoms with Crippen LogP contribution in [0.2, 0.25) is 0 Å². The molecule has 2 aromatic carbocycles. The van der Waals surface area contributed by atoms with Crippen molar-refractivity contribution in [2.75, 3.05) is 11.9 Å². The SMILES string of the molecule is CCOc1ncccc1CNC(=O)Nc1ccc(C(=O)NCc2ccccc2F)cc1. The molecule has 3 aromatic rings. The van der Waals surface area contributed by atoms with E-state index in [2.05, 4.69) is 20.9 Å². The van der Waals surface area contributed by atoms with Crippen LogP contribution in [0.25, 0.3) is 0 Å². The van der Waals surface area contributed by atoms with Crippen LogP contribution in [0.5, 0.6) is 5.88 Å². The lowest BCUT2D eigenvalue weighted by Gasteiger charge is -2.11. The van der Waals surface area contributed by atoms with Gasteiger partial charge in [-0.25, -0.2) is 14.2 Å². The van der Waals surface area contributed by atoms with Gasteiger partial charge in [-0.05, 0) is 43.3 Å². The van der Waals surface area contributed by atoms with E-state index in [0.717, 1.165) is 5.56 Å². The van der Waals surface area contributed by atoms with Gasteiger partial charge in [-0.2, -0.15) is 0 Å². The third kappa shape index (κ3) is 6.27. The molecule has 7 nitrogen and oxygen atoms in total. The second-order valence-corrected chi connectivity index (χ2v) is 6.56. The number of halogens is 1. The molecule has 0 saturated heterocycles. The Labute approximate surface area is 179 Å². The van der Waals surface area contributed by atoms with Crippen molar-refractivity contribution in [2.45, 2.75) is 20.0 Å². The summed E-state index contributed by atoms with van der Waals surface area (Å²) in [4.78, 5) is 28.6. The number of benzene rings is 2. The zero-order valence-electron chi connectivity index (χ0n) is 17.0. The van der Waals surface area contributed by atoms with Crippen molar-refractivity contribution in [2.24, 2.45) is 0 Å². The molecule has 0 spiro atoms. The largest absolute Gasteiger partial charge is 0.478 e. The van der Waals surface area contributed by atoms with Crippen LogP contribution in [-0.2, 0) is 13.1 Å². The Bertz CT molecular complexity index is 1040. The molecule has 8 heteroatoms. The van der Waals surface area contributed by atoms with Crippen molar-refractivity contribution in [1.82, 2.24) is 15.6 Å². The molecule has 160 valence electrons. The molecule has 0 bridgehead atoms. The zero-order chi connectivity index (χ0) is 22.1. The molecule has 0 aliphatic rings. The van der Waals surface area contributed by atoms with Crippen molar-refractivity contribution < 1.29 is 18.7 Å². The number of ether oxygens (including phenoxy) is 1. The number of carbonyl (C=O) groups excluding carboxylic acids is 2. The van der Waals surface area contributed by atoms with Gasteiger partial charge in [0.1, 0.15) is 5.82 Å². The molecule has 0 aliphatic heterocycles. The summed E-state index contributed by atoms with van der Waals surface area (Å²) >= 11 is 0. The summed E-state index contributed by atoms with van der Waals surface area (Å²) in [6, 6.07) is 15.9. The lowest BCUT2D eigenvalue weighted by Crippen LogP contribution is -2.28. The summed E-state index contributed by atoms with van der Waals surface area (Å²) in [5, 5.41) is 8.12. The Balaban J connectivity index is 1.50. The molecular formula is C23H23FN4O3.